The lowest BCUT2D eigenvalue weighted by atomic mass is 10.5. The van der Waals surface area contributed by atoms with E-state index in [1.807, 2.05) is 0 Å². The van der Waals surface area contributed by atoms with Gasteiger partial charge in [-0.15, -0.1) is 0 Å². The smallest absolute Gasteiger partial charge is 0.214 e. The second-order valence-electron chi connectivity index (χ2n) is 3.15. The first-order chi connectivity index (χ1) is 7.06. The van der Waals surface area contributed by atoms with Crippen LogP contribution in [0, 0.1) is 0 Å². The standard InChI is InChI=1S/C7H15N5O2S/c1-12(5-7-9-6-10-11-7)15(13,14)4-2-3-8/h6H,2-5,8H2,1H3,(H,9,10,11). The maximum Gasteiger partial charge on any atom is 0.214 e. The van der Waals surface area contributed by atoms with Crippen molar-refractivity contribution in [2.45, 2.75) is 13.0 Å². The number of rotatable bonds is 6. The van der Waals surface area contributed by atoms with Crippen molar-refractivity contribution in [1.82, 2.24) is 19.5 Å². The molecule has 0 saturated carbocycles. The topological polar surface area (TPSA) is 105 Å². The third-order valence-corrected chi connectivity index (χ3v) is 3.80. The van der Waals surface area contributed by atoms with Gasteiger partial charge in [0.25, 0.3) is 0 Å². The first-order valence-corrected chi connectivity index (χ1v) is 6.15. The highest BCUT2D eigenvalue weighted by atomic mass is 32.2. The largest absolute Gasteiger partial charge is 0.330 e. The van der Waals surface area contributed by atoms with Gasteiger partial charge < -0.3 is 5.73 Å². The first-order valence-electron chi connectivity index (χ1n) is 4.54. The van der Waals surface area contributed by atoms with E-state index in [1.165, 1.54) is 17.7 Å². The van der Waals surface area contributed by atoms with Crippen LogP contribution in [0.25, 0.3) is 0 Å². The Labute approximate surface area is 88.7 Å². The predicted molar refractivity (Wildman–Crippen MR) is 55.3 cm³/mol. The Morgan fingerprint density at radius 1 is 1.60 bits per heavy atom. The minimum absolute atomic E-state index is 0.0636. The second kappa shape index (κ2) is 5.19. The molecular weight excluding hydrogens is 218 g/mol. The number of nitrogens with zero attached hydrogens (tertiary/aromatic N) is 3. The summed E-state index contributed by atoms with van der Waals surface area (Å²) in [4.78, 5) is 3.85. The molecule has 15 heavy (non-hydrogen) atoms. The molecule has 0 radical (unpaired) electrons. The Bertz CT molecular complexity index is 374. The van der Waals surface area contributed by atoms with E-state index >= 15 is 0 Å². The second-order valence-corrected chi connectivity index (χ2v) is 5.34. The molecule has 0 aliphatic rings. The molecule has 7 nitrogen and oxygen atoms in total. The molecule has 0 fully saturated rings. The first kappa shape index (κ1) is 12.1. The molecule has 0 aromatic carbocycles. The molecule has 0 atom stereocenters. The number of sulfonamides is 1. The van der Waals surface area contributed by atoms with Gasteiger partial charge in [0.15, 0.2) is 0 Å². The number of aromatic amines is 1. The summed E-state index contributed by atoms with van der Waals surface area (Å²) in [6.07, 6.45) is 1.80. The molecule has 1 heterocycles. The molecule has 0 spiro atoms. The van der Waals surface area contributed by atoms with Crippen LogP contribution in [0.2, 0.25) is 0 Å². The number of nitrogens with two attached hydrogens (primary N) is 1. The molecule has 86 valence electrons. The highest BCUT2D eigenvalue weighted by Gasteiger charge is 2.18. The summed E-state index contributed by atoms with van der Waals surface area (Å²) in [6.45, 7) is 0.572. The van der Waals surface area contributed by atoms with E-state index in [9.17, 15) is 8.42 Å². The normalized spacial score (nSPS) is 12.2. The van der Waals surface area contributed by atoms with Crippen molar-refractivity contribution in [1.29, 1.82) is 0 Å². The molecule has 1 aromatic rings. The minimum Gasteiger partial charge on any atom is -0.330 e. The van der Waals surface area contributed by atoms with Crippen LogP contribution >= 0.6 is 0 Å². The number of nitrogens with one attached hydrogen (secondary N) is 1. The van der Waals surface area contributed by atoms with Crippen LogP contribution in [0.1, 0.15) is 12.2 Å². The van der Waals surface area contributed by atoms with Crippen LogP contribution in [0.5, 0.6) is 0 Å². The van der Waals surface area contributed by atoms with E-state index in [-0.39, 0.29) is 12.3 Å². The fraction of sp³-hybridized carbons (Fsp3) is 0.714. The van der Waals surface area contributed by atoms with Crippen molar-refractivity contribution >= 4 is 10.0 Å². The molecule has 0 bridgehead atoms. The third-order valence-electron chi connectivity index (χ3n) is 1.92. The minimum atomic E-state index is -3.23. The third kappa shape index (κ3) is 3.57. The van der Waals surface area contributed by atoms with Crippen molar-refractivity contribution in [2.24, 2.45) is 5.73 Å². The van der Waals surface area contributed by atoms with Gasteiger partial charge >= 0.3 is 0 Å². The molecule has 0 aliphatic carbocycles. The van der Waals surface area contributed by atoms with Crippen LogP contribution in [0.15, 0.2) is 6.33 Å². The fourth-order valence-electron chi connectivity index (χ4n) is 1.04. The Morgan fingerprint density at radius 2 is 2.33 bits per heavy atom. The number of H-pyrrole nitrogens is 1. The number of hydrogen-bond donors (Lipinski definition) is 2. The van der Waals surface area contributed by atoms with E-state index < -0.39 is 10.0 Å². The Morgan fingerprint density at radius 3 is 2.87 bits per heavy atom. The summed E-state index contributed by atoms with van der Waals surface area (Å²) in [7, 11) is -1.72. The van der Waals surface area contributed by atoms with Gasteiger partial charge in [0.05, 0.1) is 12.3 Å². The van der Waals surface area contributed by atoms with E-state index in [0.717, 1.165) is 0 Å². The lowest BCUT2D eigenvalue weighted by Crippen LogP contribution is -2.30. The van der Waals surface area contributed by atoms with Crippen molar-refractivity contribution in [3.05, 3.63) is 12.2 Å². The summed E-state index contributed by atoms with van der Waals surface area (Å²) in [5.41, 5.74) is 5.26. The van der Waals surface area contributed by atoms with E-state index in [0.29, 0.717) is 18.8 Å². The zero-order valence-corrected chi connectivity index (χ0v) is 9.37. The summed E-state index contributed by atoms with van der Waals surface area (Å²) in [5, 5.41) is 6.25. The van der Waals surface area contributed by atoms with Crippen molar-refractivity contribution in [3.63, 3.8) is 0 Å². The van der Waals surface area contributed by atoms with Crippen LogP contribution in [0.3, 0.4) is 0 Å². The zero-order valence-electron chi connectivity index (χ0n) is 8.55. The van der Waals surface area contributed by atoms with Gasteiger partial charge in [0, 0.05) is 7.05 Å². The fourth-order valence-corrected chi connectivity index (χ4v) is 2.20. The lowest BCUT2D eigenvalue weighted by molar-refractivity contribution is 0.456. The Kier molecular flexibility index (Phi) is 4.18. The van der Waals surface area contributed by atoms with E-state index in [4.69, 9.17) is 5.73 Å². The van der Waals surface area contributed by atoms with Crippen molar-refractivity contribution in [2.75, 3.05) is 19.3 Å². The van der Waals surface area contributed by atoms with Crippen LogP contribution < -0.4 is 5.73 Å². The van der Waals surface area contributed by atoms with Gasteiger partial charge in [0.1, 0.15) is 12.2 Å². The predicted octanol–water partition coefficient (Wildman–Crippen LogP) is -1.08. The molecule has 0 amide bonds. The van der Waals surface area contributed by atoms with Crippen LogP contribution in [-0.2, 0) is 16.6 Å². The van der Waals surface area contributed by atoms with Gasteiger partial charge in [0.2, 0.25) is 10.0 Å². The monoisotopic (exact) mass is 233 g/mol. The summed E-state index contributed by atoms with van der Waals surface area (Å²) < 4.78 is 24.5. The van der Waals surface area contributed by atoms with Gasteiger partial charge in [-0.25, -0.2) is 13.4 Å². The van der Waals surface area contributed by atoms with Gasteiger partial charge in [-0.05, 0) is 13.0 Å². The maximum absolute atomic E-state index is 11.6. The molecular formula is C7H15N5O2S. The maximum atomic E-state index is 11.6. The lowest BCUT2D eigenvalue weighted by Gasteiger charge is -2.14. The highest BCUT2D eigenvalue weighted by molar-refractivity contribution is 7.89. The van der Waals surface area contributed by atoms with Gasteiger partial charge in [-0.3, -0.25) is 5.10 Å². The van der Waals surface area contributed by atoms with Crippen molar-refractivity contribution < 1.29 is 8.42 Å². The molecule has 0 aliphatic heterocycles. The highest BCUT2D eigenvalue weighted by Crippen LogP contribution is 2.03. The zero-order chi connectivity index (χ0) is 11.3. The number of hydrogen-bond acceptors (Lipinski definition) is 5. The summed E-state index contributed by atoms with van der Waals surface area (Å²) in [6, 6.07) is 0. The number of aromatic nitrogens is 3. The van der Waals surface area contributed by atoms with Gasteiger partial charge in [-0.1, -0.05) is 0 Å². The van der Waals surface area contributed by atoms with E-state index in [1.54, 1.807) is 0 Å². The van der Waals surface area contributed by atoms with Crippen LogP contribution in [0.4, 0.5) is 0 Å². The quantitative estimate of drug-likeness (QED) is 0.650. The SMILES string of the molecule is CN(Cc1ncn[nH]1)S(=O)(=O)CCCN. The average molecular weight is 233 g/mol. The molecule has 1 aromatic heterocycles. The molecule has 3 N–H and O–H groups in total. The summed E-state index contributed by atoms with van der Waals surface area (Å²) in [5.74, 6) is 0.586. The molecule has 0 unspecified atom stereocenters. The molecule has 0 saturated heterocycles. The average Bonchev–Trinajstić information content (AvgIpc) is 2.67. The molecule has 1 rings (SSSR count). The Balaban J connectivity index is 2.56. The van der Waals surface area contributed by atoms with Crippen LogP contribution in [-0.4, -0.2) is 47.2 Å². The summed E-state index contributed by atoms with van der Waals surface area (Å²) >= 11 is 0. The van der Waals surface area contributed by atoms with Gasteiger partial charge in [-0.2, -0.15) is 9.40 Å². The Hall–Kier alpha value is -0.990. The molecule has 8 heteroatoms. The van der Waals surface area contributed by atoms with E-state index in [2.05, 4.69) is 15.2 Å². The van der Waals surface area contributed by atoms with Crippen molar-refractivity contribution in [3.8, 4) is 0 Å².